The smallest absolute Gasteiger partial charge is 0.265 e. The molecule has 1 aliphatic heterocycles. The molecular weight excluding hydrogens is 428 g/mol. The molecule has 2 amide bonds. The number of methoxy groups -OCH3 is 1. The van der Waals surface area contributed by atoms with Crippen LogP contribution < -0.4 is 9.46 Å². The van der Waals surface area contributed by atoms with Crippen LogP contribution in [-0.4, -0.2) is 32.2 Å². The van der Waals surface area contributed by atoms with Gasteiger partial charge in [0.1, 0.15) is 10.6 Å². The second kappa shape index (κ2) is 8.94. The van der Waals surface area contributed by atoms with Crippen LogP contribution in [0.1, 0.15) is 43.7 Å². The molecule has 2 aromatic carbocycles. The number of fused-ring (bicyclic) bond motifs is 1. The molecule has 0 radical (unpaired) electrons. The maximum atomic E-state index is 13.2. The molecule has 1 N–H and O–H groups in total. The number of aryl methyl sites for hydroxylation is 1. The number of carbonyl (C=O) groups excluding carboxylic acids is 2. The number of hydrogen-bond donors (Lipinski definition) is 1. The molecule has 2 atom stereocenters. The monoisotopic (exact) mass is 456 g/mol. The summed E-state index contributed by atoms with van der Waals surface area (Å²) >= 11 is 0. The lowest BCUT2D eigenvalue weighted by Crippen LogP contribution is -2.30. The van der Waals surface area contributed by atoms with E-state index in [1.165, 1.54) is 18.1 Å². The first-order valence-electron chi connectivity index (χ1n) is 11.0. The van der Waals surface area contributed by atoms with Crippen LogP contribution in [0.15, 0.2) is 47.4 Å². The van der Waals surface area contributed by atoms with E-state index in [-0.39, 0.29) is 40.8 Å². The summed E-state index contributed by atoms with van der Waals surface area (Å²) in [4.78, 5) is 26.9. The predicted octanol–water partition coefficient (Wildman–Crippen LogP) is 3.73. The van der Waals surface area contributed by atoms with E-state index in [0.29, 0.717) is 11.3 Å². The first-order valence-corrected chi connectivity index (χ1v) is 12.5. The van der Waals surface area contributed by atoms with Crippen molar-refractivity contribution in [1.82, 2.24) is 4.90 Å². The Hall–Kier alpha value is -2.87. The average molecular weight is 457 g/mol. The zero-order valence-electron chi connectivity index (χ0n) is 18.3. The van der Waals surface area contributed by atoms with Gasteiger partial charge in [0.25, 0.3) is 10.0 Å². The summed E-state index contributed by atoms with van der Waals surface area (Å²) < 4.78 is 34.2. The van der Waals surface area contributed by atoms with Gasteiger partial charge in [-0.2, -0.15) is 0 Å². The molecule has 1 saturated heterocycles. The molecule has 1 aliphatic carbocycles. The molecule has 8 heteroatoms. The Bertz CT molecular complexity index is 1120. The number of anilines is 1. The summed E-state index contributed by atoms with van der Waals surface area (Å²) in [6, 6.07) is 11.9. The van der Waals surface area contributed by atoms with E-state index in [9.17, 15) is 18.0 Å². The summed E-state index contributed by atoms with van der Waals surface area (Å²) in [5.41, 5.74) is 2.04. The molecule has 0 unspecified atom stereocenters. The SMILES string of the molecule is CCc1cccc(NS(=O)(=O)c2cc(CN3C(=O)[C@H]4CCCC[C@H]4C3=O)ccc2OC)c1. The van der Waals surface area contributed by atoms with Crippen LogP contribution in [0.4, 0.5) is 5.69 Å². The molecule has 0 bridgehead atoms. The fourth-order valence-corrected chi connectivity index (χ4v) is 5.93. The van der Waals surface area contributed by atoms with E-state index in [1.807, 2.05) is 13.0 Å². The molecule has 32 heavy (non-hydrogen) atoms. The van der Waals surface area contributed by atoms with E-state index in [0.717, 1.165) is 37.7 Å². The number of likely N-dealkylation sites (tertiary alicyclic amines) is 1. The molecule has 1 saturated carbocycles. The molecule has 1 heterocycles. The maximum Gasteiger partial charge on any atom is 0.265 e. The number of nitrogens with zero attached hydrogens (tertiary/aromatic N) is 1. The number of hydrogen-bond acceptors (Lipinski definition) is 5. The Balaban J connectivity index is 1.61. The number of amides is 2. The van der Waals surface area contributed by atoms with E-state index < -0.39 is 10.0 Å². The van der Waals surface area contributed by atoms with Gasteiger partial charge >= 0.3 is 0 Å². The molecule has 0 aromatic heterocycles. The van der Waals surface area contributed by atoms with Crippen molar-refractivity contribution in [2.45, 2.75) is 50.5 Å². The van der Waals surface area contributed by atoms with Gasteiger partial charge in [0.15, 0.2) is 0 Å². The minimum absolute atomic E-state index is 0.0316. The Kier molecular flexibility index (Phi) is 6.24. The van der Waals surface area contributed by atoms with Crippen LogP contribution in [0.3, 0.4) is 0 Å². The van der Waals surface area contributed by atoms with Crippen molar-refractivity contribution >= 4 is 27.5 Å². The lowest BCUT2D eigenvalue weighted by atomic mass is 9.81. The van der Waals surface area contributed by atoms with Gasteiger partial charge in [-0.15, -0.1) is 0 Å². The fourth-order valence-electron chi connectivity index (χ4n) is 4.66. The summed E-state index contributed by atoms with van der Waals surface area (Å²) in [5.74, 6) is -0.556. The Labute approximate surface area is 188 Å². The largest absolute Gasteiger partial charge is 0.495 e. The number of carbonyl (C=O) groups is 2. The zero-order chi connectivity index (χ0) is 22.9. The van der Waals surface area contributed by atoms with Crippen molar-refractivity contribution in [2.75, 3.05) is 11.8 Å². The van der Waals surface area contributed by atoms with Crippen LogP contribution in [0, 0.1) is 11.8 Å². The molecule has 4 rings (SSSR count). The third kappa shape index (κ3) is 4.24. The number of ether oxygens (including phenoxy) is 1. The Morgan fingerprint density at radius 2 is 1.69 bits per heavy atom. The molecular formula is C24H28N2O5S. The normalized spacial score (nSPS) is 20.9. The van der Waals surface area contributed by atoms with Gasteiger partial charge in [0, 0.05) is 5.69 Å². The second-order valence-corrected chi connectivity index (χ2v) is 10.1. The summed E-state index contributed by atoms with van der Waals surface area (Å²) in [7, 11) is -2.54. The van der Waals surface area contributed by atoms with Gasteiger partial charge in [0.05, 0.1) is 25.5 Å². The molecule has 2 aliphatic rings. The van der Waals surface area contributed by atoms with Gasteiger partial charge in [-0.3, -0.25) is 19.2 Å². The third-order valence-electron chi connectivity index (χ3n) is 6.38. The Morgan fingerprint density at radius 1 is 1.00 bits per heavy atom. The summed E-state index contributed by atoms with van der Waals surface area (Å²) in [5, 5.41) is 0. The molecule has 2 fully saturated rings. The van der Waals surface area contributed by atoms with Crippen LogP contribution >= 0.6 is 0 Å². The van der Waals surface area contributed by atoms with Gasteiger partial charge in [-0.05, 0) is 54.7 Å². The average Bonchev–Trinajstić information content (AvgIpc) is 3.04. The summed E-state index contributed by atoms with van der Waals surface area (Å²) in [6.45, 7) is 2.06. The first-order chi connectivity index (χ1) is 15.3. The van der Waals surface area contributed by atoms with Crippen LogP contribution in [0.2, 0.25) is 0 Å². The highest BCUT2D eigenvalue weighted by atomic mass is 32.2. The van der Waals surface area contributed by atoms with Gasteiger partial charge in [-0.25, -0.2) is 8.42 Å². The van der Waals surface area contributed by atoms with E-state index in [4.69, 9.17) is 4.74 Å². The molecule has 0 spiro atoms. The maximum absolute atomic E-state index is 13.2. The van der Waals surface area contributed by atoms with Gasteiger partial charge in [0.2, 0.25) is 11.8 Å². The highest BCUT2D eigenvalue weighted by Crippen LogP contribution is 2.39. The standard InChI is InChI=1S/C24H28N2O5S/c1-3-16-7-6-8-18(13-16)25-32(29,30)22-14-17(11-12-21(22)31-2)15-26-23(27)19-9-4-5-10-20(19)24(26)28/h6-8,11-14,19-20,25H,3-5,9-10,15H2,1-2H3/t19-,20+. The number of sulfonamides is 1. The topological polar surface area (TPSA) is 92.8 Å². The van der Waals surface area contributed by atoms with Gasteiger partial charge < -0.3 is 4.74 Å². The second-order valence-electron chi connectivity index (χ2n) is 8.40. The summed E-state index contributed by atoms with van der Waals surface area (Å²) in [6.07, 6.45) is 4.20. The van der Waals surface area contributed by atoms with Crippen molar-refractivity contribution in [3.63, 3.8) is 0 Å². The zero-order valence-corrected chi connectivity index (χ0v) is 19.2. The molecule has 170 valence electrons. The Morgan fingerprint density at radius 3 is 2.31 bits per heavy atom. The first kappa shape index (κ1) is 22.3. The number of imide groups is 1. The van der Waals surface area contributed by atoms with Crippen molar-refractivity contribution in [3.8, 4) is 5.75 Å². The van der Waals surface area contributed by atoms with Crippen molar-refractivity contribution in [1.29, 1.82) is 0 Å². The van der Waals surface area contributed by atoms with E-state index in [2.05, 4.69) is 4.72 Å². The minimum Gasteiger partial charge on any atom is -0.495 e. The lowest BCUT2D eigenvalue weighted by molar-refractivity contribution is -0.140. The van der Waals surface area contributed by atoms with E-state index in [1.54, 1.807) is 30.3 Å². The van der Waals surface area contributed by atoms with Crippen molar-refractivity contribution in [3.05, 3.63) is 53.6 Å². The van der Waals surface area contributed by atoms with Gasteiger partial charge in [-0.1, -0.05) is 38.0 Å². The quantitative estimate of drug-likeness (QED) is 0.641. The lowest BCUT2D eigenvalue weighted by Gasteiger charge is -2.19. The van der Waals surface area contributed by atoms with Crippen LogP contribution in [0.5, 0.6) is 5.75 Å². The van der Waals surface area contributed by atoms with Crippen molar-refractivity contribution < 1.29 is 22.7 Å². The van der Waals surface area contributed by atoms with E-state index >= 15 is 0 Å². The minimum atomic E-state index is -3.95. The number of benzene rings is 2. The molecule has 7 nitrogen and oxygen atoms in total. The van der Waals surface area contributed by atoms with Crippen molar-refractivity contribution in [2.24, 2.45) is 11.8 Å². The highest BCUT2D eigenvalue weighted by Gasteiger charge is 2.47. The molecule has 2 aromatic rings. The number of nitrogens with one attached hydrogen (secondary N) is 1. The number of rotatable bonds is 7. The van der Waals surface area contributed by atoms with Crippen LogP contribution in [-0.2, 0) is 32.6 Å². The predicted molar refractivity (Wildman–Crippen MR) is 121 cm³/mol. The fraction of sp³-hybridized carbons (Fsp3) is 0.417. The third-order valence-corrected chi connectivity index (χ3v) is 7.78. The van der Waals surface area contributed by atoms with Crippen LogP contribution in [0.25, 0.3) is 0 Å². The highest BCUT2D eigenvalue weighted by molar-refractivity contribution is 7.92.